The minimum absolute atomic E-state index is 0.145. The second-order valence-corrected chi connectivity index (χ2v) is 2.94. The normalized spacial score (nSPS) is 8.21. The molecule has 0 aromatic rings. The Kier molecular flexibility index (Phi) is 12.6. The largest absolute Gasteiger partial charge is 0.465 e. The molecule has 0 heterocycles. The van der Waals surface area contributed by atoms with E-state index in [1.807, 2.05) is 13.8 Å². The minimum atomic E-state index is -0.449. The molecule has 0 spiro atoms. The van der Waals surface area contributed by atoms with Crippen molar-refractivity contribution in [1.29, 1.82) is 5.26 Å². The second-order valence-electron chi connectivity index (χ2n) is 2.94. The zero-order chi connectivity index (χ0) is 11.4. The Morgan fingerprint density at radius 3 is 2.36 bits per heavy atom. The predicted molar refractivity (Wildman–Crippen MR) is 52.4 cm³/mol. The highest BCUT2D eigenvalue weighted by Gasteiger charge is 1.95. The molecule has 0 bridgehead atoms. The molecule has 14 heavy (non-hydrogen) atoms. The zero-order valence-corrected chi connectivity index (χ0v) is 8.95. The predicted octanol–water partition coefficient (Wildman–Crippen LogP) is 1.69. The number of carbonyl (C=O) groups is 2. The SMILES string of the molecule is CC(C)CC=O.CCOC(=O)CC#N. The van der Waals surface area contributed by atoms with Crippen LogP contribution in [-0.2, 0) is 14.3 Å². The highest BCUT2D eigenvalue weighted by Crippen LogP contribution is 1.92. The van der Waals surface area contributed by atoms with Crippen LogP contribution < -0.4 is 0 Å². The summed E-state index contributed by atoms with van der Waals surface area (Å²) in [4.78, 5) is 19.8. The van der Waals surface area contributed by atoms with Crippen molar-refractivity contribution in [3.8, 4) is 6.07 Å². The standard InChI is InChI=1S/C5H7NO2.C5H10O/c1-2-8-5(7)3-4-6;1-5(2)3-4-6/h2-3H2,1H3;4-5H,3H2,1-2H3. The van der Waals surface area contributed by atoms with Crippen molar-refractivity contribution in [2.75, 3.05) is 6.61 Å². The molecule has 0 rings (SSSR count). The van der Waals surface area contributed by atoms with Gasteiger partial charge in [0.05, 0.1) is 12.7 Å². The Hall–Kier alpha value is -1.37. The molecular formula is C10H17NO3. The maximum Gasteiger partial charge on any atom is 0.320 e. The van der Waals surface area contributed by atoms with Crippen molar-refractivity contribution in [2.45, 2.75) is 33.6 Å². The van der Waals surface area contributed by atoms with Crippen LogP contribution in [0.3, 0.4) is 0 Å². The van der Waals surface area contributed by atoms with E-state index in [-0.39, 0.29) is 6.42 Å². The van der Waals surface area contributed by atoms with Crippen LogP contribution in [0.2, 0.25) is 0 Å². The van der Waals surface area contributed by atoms with Crippen molar-refractivity contribution >= 4 is 12.3 Å². The van der Waals surface area contributed by atoms with Gasteiger partial charge in [-0.1, -0.05) is 13.8 Å². The van der Waals surface area contributed by atoms with E-state index in [0.29, 0.717) is 18.9 Å². The third kappa shape index (κ3) is 16.9. The monoisotopic (exact) mass is 199 g/mol. The fourth-order valence-electron chi connectivity index (χ4n) is 0.469. The highest BCUT2D eigenvalue weighted by molar-refractivity contribution is 5.71. The average molecular weight is 199 g/mol. The first kappa shape index (κ1) is 15.1. The lowest BCUT2D eigenvalue weighted by molar-refractivity contribution is -0.141. The van der Waals surface area contributed by atoms with Gasteiger partial charge in [-0.25, -0.2) is 0 Å². The lowest BCUT2D eigenvalue weighted by Gasteiger charge is -1.92. The van der Waals surface area contributed by atoms with Gasteiger partial charge in [0, 0.05) is 6.42 Å². The number of aldehydes is 1. The highest BCUT2D eigenvalue weighted by atomic mass is 16.5. The molecule has 0 aromatic carbocycles. The topological polar surface area (TPSA) is 67.2 Å². The molecule has 0 unspecified atom stereocenters. The van der Waals surface area contributed by atoms with E-state index in [1.165, 1.54) is 0 Å². The first-order chi connectivity index (χ1) is 6.58. The number of carbonyl (C=O) groups excluding carboxylic acids is 2. The van der Waals surface area contributed by atoms with Gasteiger partial charge >= 0.3 is 5.97 Å². The molecule has 80 valence electrons. The Balaban J connectivity index is 0. The molecule has 0 amide bonds. The van der Waals surface area contributed by atoms with Crippen molar-refractivity contribution in [1.82, 2.24) is 0 Å². The fraction of sp³-hybridized carbons (Fsp3) is 0.700. The van der Waals surface area contributed by atoms with Gasteiger partial charge in [0.1, 0.15) is 12.7 Å². The third-order valence-electron chi connectivity index (χ3n) is 1.10. The molecule has 0 aliphatic rings. The van der Waals surface area contributed by atoms with Gasteiger partial charge in [-0.2, -0.15) is 5.26 Å². The summed E-state index contributed by atoms with van der Waals surface area (Å²) in [6.45, 7) is 6.10. The Morgan fingerprint density at radius 1 is 1.57 bits per heavy atom. The molecule has 0 N–H and O–H groups in total. The van der Waals surface area contributed by atoms with Gasteiger partial charge in [0.15, 0.2) is 0 Å². The smallest absolute Gasteiger partial charge is 0.320 e. The van der Waals surface area contributed by atoms with E-state index < -0.39 is 5.97 Å². The van der Waals surface area contributed by atoms with Crippen LogP contribution in [0.4, 0.5) is 0 Å². The molecule has 0 aliphatic carbocycles. The summed E-state index contributed by atoms with van der Waals surface area (Å²) >= 11 is 0. The average Bonchev–Trinajstić information content (AvgIpc) is 2.05. The van der Waals surface area contributed by atoms with E-state index in [9.17, 15) is 9.59 Å². The molecule has 0 fully saturated rings. The number of hydrogen-bond acceptors (Lipinski definition) is 4. The van der Waals surface area contributed by atoms with Crippen LogP contribution in [-0.4, -0.2) is 18.9 Å². The number of esters is 1. The van der Waals surface area contributed by atoms with Crippen LogP contribution in [0, 0.1) is 17.2 Å². The van der Waals surface area contributed by atoms with E-state index in [4.69, 9.17) is 5.26 Å². The van der Waals surface area contributed by atoms with Gasteiger partial charge in [-0.15, -0.1) is 0 Å². The summed E-state index contributed by atoms with van der Waals surface area (Å²) in [6, 6.07) is 1.68. The van der Waals surface area contributed by atoms with E-state index >= 15 is 0 Å². The lowest BCUT2D eigenvalue weighted by atomic mass is 10.2. The summed E-state index contributed by atoms with van der Waals surface area (Å²) < 4.78 is 4.42. The van der Waals surface area contributed by atoms with E-state index in [2.05, 4.69) is 4.74 Å². The molecule has 0 aromatic heterocycles. The Labute approximate surface area is 84.9 Å². The van der Waals surface area contributed by atoms with Crippen molar-refractivity contribution in [2.24, 2.45) is 5.92 Å². The third-order valence-corrected chi connectivity index (χ3v) is 1.10. The molecule has 0 atom stereocenters. The summed E-state index contributed by atoms with van der Waals surface area (Å²) in [5.74, 6) is 0.0810. The van der Waals surface area contributed by atoms with Gasteiger partial charge < -0.3 is 9.53 Å². The number of nitrogens with zero attached hydrogens (tertiary/aromatic N) is 1. The molecule has 4 heteroatoms. The van der Waals surface area contributed by atoms with Gasteiger partial charge in [-0.3, -0.25) is 4.79 Å². The zero-order valence-electron chi connectivity index (χ0n) is 8.95. The van der Waals surface area contributed by atoms with Crippen LogP contribution in [0.1, 0.15) is 33.6 Å². The number of hydrogen-bond donors (Lipinski definition) is 0. The summed E-state index contributed by atoms with van der Waals surface area (Å²) in [5.41, 5.74) is 0. The first-order valence-corrected chi connectivity index (χ1v) is 4.54. The van der Waals surface area contributed by atoms with Crippen LogP contribution >= 0.6 is 0 Å². The van der Waals surface area contributed by atoms with Crippen molar-refractivity contribution in [3.63, 3.8) is 0 Å². The number of ether oxygens (including phenoxy) is 1. The van der Waals surface area contributed by atoms with Gasteiger partial charge in [0.25, 0.3) is 0 Å². The number of nitriles is 1. The van der Waals surface area contributed by atoms with Gasteiger partial charge in [0.2, 0.25) is 0 Å². The molecule has 0 aliphatic heterocycles. The summed E-state index contributed by atoms with van der Waals surface area (Å²) in [6.07, 6.45) is 1.50. The molecule has 0 saturated carbocycles. The van der Waals surface area contributed by atoms with Gasteiger partial charge in [-0.05, 0) is 12.8 Å². The van der Waals surface area contributed by atoms with E-state index in [0.717, 1.165) is 6.29 Å². The second kappa shape index (κ2) is 11.6. The maximum atomic E-state index is 10.2. The van der Waals surface area contributed by atoms with Crippen molar-refractivity contribution < 1.29 is 14.3 Å². The number of rotatable bonds is 4. The summed E-state index contributed by atoms with van der Waals surface area (Å²) in [5, 5.41) is 7.91. The Bertz CT molecular complexity index is 194. The van der Waals surface area contributed by atoms with E-state index in [1.54, 1.807) is 13.0 Å². The maximum absolute atomic E-state index is 10.2. The quantitative estimate of drug-likeness (QED) is 0.510. The Morgan fingerprint density at radius 2 is 2.14 bits per heavy atom. The molecule has 4 nitrogen and oxygen atoms in total. The van der Waals surface area contributed by atoms with Crippen LogP contribution in [0.5, 0.6) is 0 Å². The molecule has 0 saturated heterocycles. The van der Waals surface area contributed by atoms with Crippen LogP contribution in [0.15, 0.2) is 0 Å². The first-order valence-electron chi connectivity index (χ1n) is 4.54. The summed E-state index contributed by atoms with van der Waals surface area (Å²) in [7, 11) is 0. The van der Waals surface area contributed by atoms with Crippen LogP contribution in [0.25, 0.3) is 0 Å². The van der Waals surface area contributed by atoms with Crippen molar-refractivity contribution in [3.05, 3.63) is 0 Å². The molecular weight excluding hydrogens is 182 g/mol. The minimum Gasteiger partial charge on any atom is -0.465 e. The molecule has 0 radical (unpaired) electrons. The fourth-order valence-corrected chi connectivity index (χ4v) is 0.469. The lowest BCUT2D eigenvalue weighted by Crippen LogP contribution is -2.01.